The summed E-state index contributed by atoms with van der Waals surface area (Å²) in [7, 11) is 0. The lowest BCUT2D eigenvalue weighted by Crippen LogP contribution is -2.48. The molecule has 0 radical (unpaired) electrons. The Balaban J connectivity index is 1.96. The molecule has 1 aliphatic carbocycles. The zero-order chi connectivity index (χ0) is 14.5. The van der Waals surface area contributed by atoms with Crippen molar-refractivity contribution in [1.29, 1.82) is 0 Å². The van der Waals surface area contributed by atoms with Crippen LogP contribution < -0.4 is 11.1 Å². The van der Waals surface area contributed by atoms with Crippen molar-refractivity contribution in [3.8, 4) is 0 Å². The van der Waals surface area contributed by atoms with E-state index in [4.69, 9.17) is 5.73 Å². The van der Waals surface area contributed by atoms with E-state index >= 15 is 0 Å². The van der Waals surface area contributed by atoms with Gasteiger partial charge in [0.15, 0.2) is 0 Å². The van der Waals surface area contributed by atoms with Crippen molar-refractivity contribution >= 4 is 11.8 Å². The van der Waals surface area contributed by atoms with Gasteiger partial charge in [0.05, 0.1) is 6.54 Å². The number of hydrogen-bond acceptors (Lipinski definition) is 3. The van der Waals surface area contributed by atoms with Crippen molar-refractivity contribution in [1.82, 2.24) is 10.2 Å². The molecule has 20 heavy (non-hydrogen) atoms. The maximum absolute atomic E-state index is 12.6. The van der Waals surface area contributed by atoms with Crippen molar-refractivity contribution < 1.29 is 9.59 Å². The van der Waals surface area contributed by atoms with E-state index in [2.05, 4.69) is 12.2 Å². The van der Waals surface area contributed by atoms with E-state index in [0.717, 1.165) is 32.2 Å². The summed E-state index contributed by atoms with van der Waals surface area (Å²) in [5, 5.41) is 3.43. The van der Waals surface area contributed by atoms with Gasteiger partial charge in [-0.05, 0) is 38.1 Å². The predicted molar refractivity (Wildman–Crippen MR) is 78.0 cm³/mol. The standard InChI is InChI=1S/C15H27N3O2/c1-11-5-4-8-17-13(11)9-15(20)18(10-14(16)19)12-6-2-3-7-12/h11-13,17H,2-10H2,1H3,(H2,16,19). The number of nitrogens with two attached hydrogens (primary N) is 1. The quantitative estimate of drug-likeness (QED) is 0.790. The van der Waals surface area contributed by atoms with Crippen LogP contribution in [0.4, 0.5) is 0 Å². The van der Waals surface area contributed by atoms with E-state index in [9.17, 15) is 9.59 Å². The van der Waals surface area contributed by atoms with Crippen molar-refractivity contribution in [2.24, 2.45) is 11.7 Å². The Bertz CT molecular complexity index is 353. The Labute approximate surface area is 121 Å². The average molecular weight is 281 g/mol. The van der Waals surface area contributed by atoms with Gasteiger partial charge in [-0.3, -0.25) is 9.59 Å². The van der Waals surface area contributed by atoms with Crippen LogP contribution in [0.25, 0.3) is 0 Å². The predicted octanol–water partition coefficient (Wildman–Crippen LogP) is 1.02. The number of primary amides is 1. The highest BCUT2D eigenvalue weighted by Crippen LogP contribution is 2.25. The smallest absolute Gasteiger partial charge is 0.237 e. The summed E-state index contributed by atoms with van der Waals surface area (Å²) < 4.78 is 0. The second-order valence-electron chi connectivity index (χ2n) is 6.31. The molecule has 1 saturated carbocycles. The van der Waals surface area contributed by atoms with E-state index in [-0.39, 0.29) is 24.5 Å². The van der Waals surface area contributed by atoms with Crippen LogP contribution in [-0.4, -0.2) is 41.9 Å². The lowest BCUT2D eigenvalue weighted by molar-refractivity contribution is -0.138. The third kappa shape index (κ3) is 3.95. The molecule has 3 N–H and O–H groups in total. The normalized spacial score (nSPS) is 27.4. The van der Waals surface area contributed by atoms with Gasteiger partial charge in [0.1, 0.15) is 0 Å². The van der Waals surface area contributed by atoms with Crippen molar-refractivity contribution in [3.63, 3.8) is 0 Å². The highest BCUT2D eigenvalue weighted by Gasteiger charge is 2.31. The average Bonchev–Trinajstić information content (AvgIpc) is 2.92. The van der Waals surface area contributed by atoms with Gasteiger partial charge < -0.3 is 16.0 Å². The van der Waals surface area contributed by atoms with Gasteiger partial charge in [-0.15, -0.1) is 0 Å². The number of amides is 2. The Hall–Kier alpha value is -1.10. The highest BCUT2D eigenvalue weighted by atomic mass is 16.2. The maximum atomic E-state index is 12.6. The summed E-state index contributed by atoms with van der Waals surface area (Å²) >= 11 is 0. The second-order valence-corrected chi connectivity index (χ2v) is 6.31. The number of rotatable bonds is 5. The Morgan fingerprint density at radius 3 is 2.50 bits per heavy atom. The first-order valence-corrected chi connectivity index (χ1v) is 7.89. The van der Waals surface area contributed by atoms with Crippen LogP contribution in [0.5, 0.6) is 0 Å². The Morgan fingerprint density at radius 2 is 1.90 bits per heavy atom. The summed E-state index contributed by atoms with van der Waals surface area (Å²) in [6.07, 6.45) is 7.14. The van der Waals surface area contributed by atoms with E-state index < -0.39 is 5.91 Å². The Kier molecular flexibility index (Phi) is 5.40. The molecule has 0 aromatic heterocycles. The van der Waals surface area contributed by atoms with Gasteiger partial charge in [0, 0.05) is 18.5 Å². The minimum absolute atomic E-state index is 0.0740. The van der Waals surface area contributed by atoms with E-state index in [1.807, 2.05) is 0 Å². The molecular weight excluding hydrogens is 254 g/mol. The molecule has 2 rings (SSSR count). The molecule has 114 valence electrons. The fourth-order valence-electron chi connectivity index (χ4n) is 3.50. The monoisotopic (exact) mass is 281 g/mol. The van der Waals surface area contributed by atoms with Gasteiger partial charge in [-0.2, -0.15) is 0 Å². The molecule has 1 aliphatic heterocycles. The molecule has 2 atom stereocenters. The van der Waals surface area contributed by atoms with E-state index in [0.29, 0.717) is 12.3 Å². The van der Waals surface area contributed by atoms with E-state index in [1.165, 1.54) is 12.8 Å². The van der Waals surface area contributed by atoms with Gasteiger partial charge >= 0.3 is 0 Å². The number of hydrogen-bond donors (Lipinski definition) is 2. The Morgan fingerprint density at radius 1 is 1.20 bits per heavy atom. The van der Waals surface area contributed by atoms with E-state index in [1.54, 1.807) is 4.90 Å². The van der Waals surface area contributed by atoms with Crippen LogP contribution in [0.2, 0.25) is 0 Å². The molecule has 2 fully saturated rings. The second kappa shape index (κ2) is 7.07. The molecule has 2 unspecified atom stereocenters. The first-order chi connectivity index (χ1) is 9.58. The molecule has 2 amide bonds. The summed E-state index contributed by atoms with van der Waals surface area (Å²) in [5.74, 6) is 0.198. The fraction of sp³-hybridized carbons (Fsp3) is 0.867. The van der Waals surface area contributed by atoms with Crippen molar-refractivity contribution in [2.45, 2.75) is 64.0 Å². The number of nitrogens with one attached hydrogen (secondary N) is 1. The molecule has 1 saturated heterocycles. The zero-order valence-electron chi connectivity index (χ0n) is 12.4. The fourth-order valence-corrected chi connectivity index (χ4v) is 3.50. The van der Waals surface area contributed by atoms with Gasteiger partial charge in [0.2, 0.25) is 11.8 Å². The van der Waals surface area contributed by atoms with Crippen molar-refractivity contribution in [2.75, 3.05) is 13.1 Å². The number of carbonyl (C=O) groups excluding carboxylic acids is 2. The molecule has 2 aliphatic rings. The number of nitrogens with zero attached hydrogens (tertiary/aromatic N) is 1. The summed E-state index contributed by atoms with van der Waals surface area (Å²) in [6.45, 7) is 3.25. The molecular formula is C15H27N3O2. The van der Waals surface area contributed by atoms with Crippen LogP contribution in [0.3, 0.4) is 0 Å². The highest BCUT2D eigenvalue weighted by molar-refractivity contribution is 5.84. The summed E-state index contributed by atoms with van der Waals surface area (Å²) in [5.41, 5.74) is 5.31. The molecule has 5 heteroatoms. The first kappa shape index (κ1) is 15.3. The van der Waals surface area contributed by atoms with Gasteiger partial charge in [-0.25, -0.2) is 0 Å². The number of carbonyl (C=O) groups is 2. The topological polar surface area (TPSA) is 75.4 Å². The summed E-state index contributed by atoms with van der Waals surface area (Å²) in [4.78, 5) is 25.5. The third-order valence-corrected chi connectivity index (χ3v) is 4.74. The van der Waals surface area contributed by atoms with Crippen LogP contribution in [0, 0.1) is 5.92 Å². The van der Waals surface area contributed by atoms with Crippen LogP contribution in [0.1, 0.15) is 51.9 Å². The SMILES string of the molecule is CC1CCCNC1CC(=O)N(CC(N)=O)C1CCCC1. The lowest BCUT2D eigenvalue weighted by atomic mass is 9.90. The van der Waals surface area contributed by atoms with Crippen LogP contribution >= 0.6 is 0 Å². The summed E-state index contributed by atoms with van der Waals surface area (Å²) in [6, 6.07) is 0.460. The minimum Gasteiger partial charge on any atom is -0.368 e. The maximum Gasteiger partial charge on any atom is 0.237 e. The minimum atomic E-state index is -0.407. The van der Waals surface area contributed by atoms with Crippen LogP contribution in [-0.2, 0) is 9.59 Å². The molecule has 1 heterocycles. The first-order valence-electron chi connectivity index (χ1n) is 7.89. The molecule has 0 bridgehead atoms. The van der Waals surface area contributed by atoms with Crippen LogP contribution in [0.15, 0.2) is 0 Å². The largest absolute Gasteiger partial charge is 0.368 e. The lowest BCUT2D eigenvalue weighted by Gasteiger charge is -2.33. The van der Waals surface area contributed by atoms with Crippen molar-refractivity contribution in [3.05, 3.63) is 0 Å². The van der Waals surface area contributed by atoms with Gasteiger partial charge in [-0.1, -0.05) is 19.8 Å². The molecule has 0 aromatic rings. The molecule has 5 nitrogen and oxygen atoms in total. The van der Waals surface area contributed by atoms with Gasteiger partial charge in [0.25, 0.3) is 0 Å². The zero-order valence-corrected chi connectivity index (χ0v) is 12.4. The third-order valence-electron chi connectivity index (χ3n) is 4.74. The molecule has 0 spiro atoms. The molecule has 0 aromatic carbocycles. The number of piperidine rings is 1.